The zero-order valence-electron chi connectivity index (χ0n) is 7.46. The van der Waals surface area contributed by atoms with Crippen LogP contribution in [0.2, 0.25) is 0 Å². The first-order chi connectivity index (χ1) is 5.27. The van der Waals surface area contributed by atoms with E-state index < -0.39 is 0 Å². The minimum absolute atomic E-state index is 0. The molecule has 0 unspecified atom stereocenters. The second-order valence-corrected chi connectivity index (χ2v) is 2.02. The number of methoxy groups -OCH3 is 2. The van der Waals surface area contributed by atoms with Crippen LogP contribution in [0.1, 0.15) is 0 Å². The van der Waals surface area contributed by atoms with Gasteiger partial charge in [-0.05, 0) is 12.1 Å². The third-order valence-electron chi connectivity index (χ3n) is 1.36. The van der Waals surface area contributed by atoms with Crippen molar-refractivity contribution in [1.29, 1.82) is 0 Å². The molecule has 0 heterocycles. The van der Waals surface area contributed by atoms with E-state index >= 15 is 0 Å². The maximum absolute atomic E-state index is 10.8. The average Bonchev–Trinajstić information content (AvgIpc) is 2.04. The van der Waals surface area contributed by atoms with Crippen LogP contribution in [-0.4, -0.2) is 14.2 Å². The molecule has 0 atom stereocenters. The molecule has 0 radical (unpaired) electrons. The van der Waals surface area contributed by atoms with E-state index in [-0.39, 0.29) is 24.6 Å². The van der Waals surface area contributed by atoms with Crippen LogP contribution in [-0.2, 0) is 0 Å². The monoisotopic (exact) mass is 160 g/mol. The van der Waals surface area contributed by atoms with Gasteiger partial charge in [0.1, 0.15) is 0 Å². The molecule has 0 fully saturated rings. The van der Waals surface area contributed by atoms with E-state index in [2.05, 4.69) is 0 Å². The zero-order valence-corrected chi connectivity index (χ0v) is 7.46. The van der Waals surface area contributed by atoms with E-state index in [0.717, 1.165) is 0 Å². The standard InChI is InChI=1S/C8H10O3.Li/c1-10-7-4-3-6(9)5-8(7)11-2;/h3-5,9H,1-2H3;/q;+1/p-1. The predicted octanol–water partition coefficient (Wildman–Crippen LogP) is -2.22. The van der Waals surface area contributed by atoms with E-state index in [4.69, 9.17) is 9.47 Å². The van der Waals surface area contributed by atoms with Gasteiger partial charge in [0.2, 0.25) is 0 Å². The van der Waals surface area contributed by atoms with Gasteiger partial charge in [0.05, 0.1) is 14.2 Å². The number of ether oxygens (including phenoxy) is 2. The van der Waals surface area contributed by atoms with Crippen LogP contribution in [0.25, 0.3) is 0 Å². The summed E-state index contributed by atoms with van der Waals surface area (Å²) in [4.78, 5) is 0. The second-order valence-electron chi connectivity index (χ2n) is 2.02. The maximum atomic E-state index is 10.8. The van der Waals surface area contributed by atoms with E-state index in [0.29, 0.717) is 11.5 Å². The molecule has 60 valence electrons. The molecule has 1 aromatic rings. The van der Waals surface area contributed by atoms with Gasteiger partial charge < -0.3 is 14.6 Å². The molecule has 0 saturated heterocycles. The van der Waals surface area contributed by atoms with Crippen molar-refractivity contribution < 1.29 is 33.4 Å². The maximum Gasteiger partial charge on any atom is 1.00 e. The molecule has 0 spiro atoms. The van der Waals surface area contributed by atoms with Crippen LogP contribution in [0.5, 0.6) is 17.2 Å². The quantitative estimate of drug-likeness (QED) is 0.460. The van der Waals surface area contributed by atoms with Gasteiger partial charge >= 0.3 is 18.9 Å². The third kappa shape index (κ3) is 2.37. The zero-order chi connectivity index (χ0) is 8.27. The Balaban J connectivity index is 0.00000121. The van der Waals surface area contributed by atoms with Gasteiger partial charge in [0, 0.05) is 0 Å². The first-order valence-corrected chi connectivity index (χ1v) is 3.17. The Morgan fingerprint density at radius 3 is 2.17 bits per heavy atom. The van der Waals surface area contributed by atoms with Crippen molar-refractivity contribution in [3.8, 4) is 17.2 Å². The molecule has 0 N–H and O–H groups in total. The molecule has 0 aliphatic rings. The van der Waals surface area contributed by atoms with E-state index in [9.17, 15) is 5.11 Å². The molecule has 0 amide bonds. The Labute approximate surface area is 83.5 Å². The molecule has 0 saturated carbocycles. The summed E-state index contributed by atoms with van der Waals surface area (Å²) < 4.78 is 9.82. The van der Waals surface area contributed by atoms with Gasteiger partial charge in [0.25, 0.3) is 0 Å². The summed E-state index contributed by atoms with van der Waals surface area (Å²) >= 11 is 0. The molecular weight excluding hydrogens is 151 g/mol. The summed E-state index contributed by atoms with van der Waals surface area (Å²) in [6.07, 6.45) is 0. The first kappa shape index (κ1) is 11.2. The van der Waals surface area contributed by atoms with Crippen LogP contribution in [0.4, 0.5) is 0 Å². The molecule has 0 bridgehead atoms. The van der Waals surface area contributed by atoms with Crippen molar-refractivity contribution in [2.24, 2.45) is 0 Å². The van der Waals surface area contributed by atoms with Gasteiger partial charge in [-0.3, -0.25) is 0 Å². The summed E-state index contributed by atoms with van der Waals surface area (Å²) in [6.45, 7) is 0. The summed E-state index contributed by atoms with van der Waals surface area (Å²) in [7, 11) is 3.03. The van der Waals surface area contributed by atoms with Crippen molar-refractivity contribution in [3.63, 3.8) is 0 Å². The van der Waals surface area contributed by atoms with Gasteiger partial charge in [-0.25, -0.2) is 0 Å². The molecule has 0 aliphatic heterocycles. The third-order valence-corrected chi connectivity index (χ3v) is 1.36. The second kappa shape index (κ2) is 4.97. The van der Waals surface area contributed by atoms with Crippen LogP contribution < -0.4 is 33.4 Å². The molecule has 0 aromatic heterocycles. The van der Waals surface area contributed by atoms with Crippen LogP contribution >= 0.6 is 0 Å². The Bertz CT molecular complexity index is 250. The molecule has 0 aliphatic carbocycles. The van der Waals surface area contributed by atoms with Gasteiger partial charge in [-0.15, -0.1) is 5.75 Å². The smallest absolute Gasteiger partial charge is 0.872 e. The Morgan fingerprint density at radius 1 is 1.08 bits per heavy atom. The Hall–Kier alpha value is -0.783. The fourth-order valence-electron chi connectivity index (χ4n) is 0.817. The van der Waals surface area contributed by atoms with Crippen LogP contribution in [0.15, 0.2) is 18.2 Å². The molecule has 1 rings (SSSR count). The summed E-state index contributed by atoms with van der Waals surface area (Å²) in [5.74, 6) is 0.967. The molecular formula is C8H9LiO3. The van der Waals surface area contributed by atoms with Gasteiger partial charge in [-0.1, -0.05) is 6.07 Å². The molecule has 3 nitrogen and oxygen atoms in total. The normalized spacial score (nSPS) is 8.50. The van der Waals surface area contributed by atoms with Gasteiger partial charge in [0.15, 0.2) is 11.5 Å². The Kier molecular flexibility index (Phi) is 4.64. The number of hydrogen-bond acceptors (Lipinski definition) is 3. The fourth-order valence-corrected chi connectivity index (χ4v) is 0.817. The van der Waals surface area contributed by atoms with Crippen molar-refractivity contribution in [2.45, 2.75) is 0 Å². The minimum atomic E-state index is -0.0809. The van der Waals surface area contributed by atoms with E-state index in [1.165, 1.54) is 26.4 Å². The van der Waals surface area contributed by atoms with Crippen molar-refractivity contribution in [3.05, 3.63) is 18.2 Å². The van der Waals surface area contributed by atoms with E-state index in [1.807, 2.05) is 0 Å². The number of rotatable bonds is 2. The molecule has 12 heavy (non-hydrogen) atoms. The summed E-state index contributed by atoms with van der Waals surface area (Å²) in [6, 6.07) is 4.40. The van der Waals surface area contributed by atoms with Crippen LogP contribution in [0.3, 0.4) is 0 Å². The molecule has 4 heteroatoms. The number of benzene rings is 1. The van der Waals surface area contributed by atoms with Crippen molar-refractivity contribution >= 4 is 0 Å². The van der Waals surface area contributed by atoms with E-state index in [1.54, 1.807) is 6.07 Å². The fraction of sp³-hybridized carbons (Fsp3) is 0.250. The van der Waals surface area contributed by atoms with Gasteiger partial charge in [-0.2, -0.15) is 0 Å². The summed E-state index contributed by atoms with van der Waals surface area (Å²) in [5, 5.41) is 10.8. The Morgan fingerprint density at radius 2 is 1.67 bits per heavy atom. The predicted molar refractivity (Wildman–Crippen MR) is 39.0 cm³/mol. The van der Waals surface area contributed by atoms with Crippen molar-refractivity contribution in [1.82, 2.24) is 0 Å². The summed E-state index contributed by atoms with van der Waals surface area (Å²) in [5.41, 5.74) is 0. The van der Waals surface area contributed by atoms with Crippen molar-refractivity contribution in [2.75, 3.05) is 14.2 Å². The first-order valence-electron chi connectivity index (χ1n) is 3.17. The molecule has 1 aromatic carbocycles. The largest absolute Gasteiger partial charge is 1.00 e. The average molecular weight is 160 g/mol. The topological polar surface area (TPSA) is 41.5 Å². The SMILES string of the molecule is COc1ccc([O-])cc1OC.[Li+]. The minimum Gasteiger partial charge on any atom is -0.872 e. The van der Waals surface area contributed by atoms with Crippen LogP contribution in [0, 0.1) is 0 Å². The number of hydrogen-bond donors (Lipinski definition) is 0.